The van der Waals surface area contributed by atoms with Crippen LogP contribution in [0.1, 0.15) is 11.1 Å². The van der Waals surface area contributed by atoms with Crippen LogP contribution >= 0.6 is 0 Å². The quantitative estimate of drug-likeness (QED) is 0.627. The fourth-order valence-electron chi connectivity index (χ4n) is 2.66. The average molecular weight is 365 g/mol. The summed E-state index contributed by atoms with van der Waals surface area (Å²) in [5, 5.41) is 11.9. The Morgan fingerprint density at radius 1 is 1.07 bits per heavy atom. The number of hydrogen-bond donors (Lipinski definition) is 2. The van der Waals surface area contributed by atoms with Crippen molar-refractivity contribution in [2.75, 3.05) is 27.4 Å². The molecular formula is C20H25B2NO4. The highest BCUT2D eigenvalue weighted by atomic mass is 16.5. The number of aliphatic hydroxyl groups excluding tert-OH is 1. The van der Waals surface area contributed by atoms with Gasteiger partial charge in [0.05, 0.1) is 29.9 Å². The molecule has 2 N–H and O–H groups in total. The van der Waals surface area contributed by atoms with E-state index in [1.54, 1.807) is 20.3 Å². The van der Waals surface area contributed by atoms with Crippen LogP contribution in [0.4, 0.5) is 0 Å². The lowest BCUT2D eigenvalue weighted by Crippen LogP contribution is -2.51. The molecule has 7 heteroatoms. The summed E-state index contributed by atoms with van der Waals surface area (Å²) >= 11 is 0. The van der Waals surface area contributed by atoms with Crippen LogP contribution in [-0.2, 0) is 6.42 Å². The summed E-state index contributed by atoms with van der Waals surface area (Å²) in [4.78, 5) is 0. The van der Waals surface area contributed by atoms with Crippen molar-refractivity contribution in [1.29, 1.82) is 0 Å². The van der Waals surface area contributed by atoms with E-state index in [1.165, 1.54) is 0 Å². The zero-order valence-corrected chi connectivity index (χ0v) is 16.1. The normalized spacial score (nSPS) is 12.4. The molecule has 5 nitrogen and oxygen atoms in total. The van der Waals surface area contributed by atoms with E-state index in [4.69, 9.17) is 29.9 Å². The Bertz CT molecular complexity index is 740. The molecule has 0 aliphatic carbocycles. The average Bonchev–Trinajstić information content (AvgIpc) is 2.64. The first-order chi connectivity index (χ1) is 12.8. The van der Waals surface area contributed by atoms with E-state index < -0.39 is 11.4 Å². The fourth-order valence-corrected chi connectivity index (χ4v) is 2.66. The lowest BCUT2D eigenvalue weighted by molar-refractivity contribution is 0.104. The maximum absolute atomic E-state index is 10.1. The van der Waals surface area contributed by atoms with Crippen molar-refractivity contribution >= 4 is 15.7 Å². The summed E-state index contributed by atoms with van der Waals surface area (Å²) in [6.45, 7) is 2.32. The minimum absolute atomic E-state index is 0.142. The second-order valence-corrected chi connectivity index (χ2v) is 6.57. The molecule has 27 heavy (non-hydrogen) atoms. The molecule has 140 valence electrons. The first kappa shape index (κ1) is 21.2. The standard InChI is InChI=1S/C20H25B2NO4/c1-14-5-4-6-17(9-14)27-13-16(24)12-23-20(21,22)11-15-7-8-18(25-2)19(10-15)26-3/h4-10,16,23-24H,11-13H2,1-3H3. The van der Waals surface area contributed by atoms with Crippen molar-refractivity contribution in [3.63, 3.8) is 0 Å². The summed E-state index contributed by atoms with van der Waals surface area (Å²) in [5.41, 5.74) is 1.98. The van der Waals surface area contributed by atoms with Gasteiger partial charge in [0, 0.05) is 6.54 Å². The monoisotopic (exact) mass is 365 g/mol. The maximum Gasteiger partial charge on any atom is 0.160 e. The van der Waals surface area contributed by atoms with Crippen molar-refractivity contribution < 1.29 is 19.3 Å². The van der Waals surface area contributed by atoms with Gasteiger partial charge in [0.2, 0.25) is 0 Å². The van der Waals surface area contributed by atoms with Crippen LogP contribution in [0, 0.1) is 6.92 Å². The van der Waals surface area contributed by atoms with Gasteiger partial charge >= 0.3 is 0 Å². The number of methoxy groups -OCH3 is 2. The molecule has 2 aromatic carbocycles. The molecule has 0 spiro atoms. The number of rotatable bonds is 10. The molecule has 1 atom stereocenters. The summed E-state index contributed by atoms with van der Waals surface area (Å²) in [5.74, 6) is 1.96. The van der Waals surface area contributed by atoms with Gasteiger partial charge in [-0.05, 0) is 48.7 Å². The molecule has 0 saturated heterocycles. The molecule has 0 amide bonds. The summed E-state index contributed by atoms with van der Waals surface area (Å²) in [7, 11) is 15.4. The smallest absolute Gasteiger partial charge is 0.160 e. The van der Waals surface area contributed by atoms with E-state index in [9.17, 15) is 5.11 Å². The Labute approximate surface area is 163 Å². The third-order valence-electron chi connectivity index (χ3n) is 4.04. The number of aryl methyl sites for hydroxylation is 1. The molecule has 4 radical (unpaired) electrons. The maximum atomic E-state index is 10.1. The van der Waals surface area contributed by atoms with Crippen LogP contribution in [-0.4, -0.2) is 59.6 Å². The van der Waals surface area contributed by atoms with Crippen LogP contribution in [0.3, 0.4) is 0 Å². The highest BCUT2D eigenvalue weighted by Crippen LogP contribution is 2.28. The predicted octanol–water partition coefficient (Wildman–Crippen LogP) is 1.58. The molecule has 0 saturated carbocycles. The van der Waals surface area contributed by atoms with Crippen molar-refractivity contribution in [3.8, 4) is 17.2 Å². The molecule has 0 aromatic heterocycles. The van der Waals surface area contributed by atoms with Crippen LogP contribution in [0.2, 0.25) is 0 Å². The van der Waals surface area contributed by atoms with E-state index >= 15 is 0 Å². The summed E-state index contributed by atoms with van der Waals surface area (Å²) < 4.78 is 16.1. The van der Waals surface area contributed by atoms with Gasteiger partial charge < -0.3 is 24.6 Å². The zero-order chi connectivity index (χ0) is 19.9. The molecule has 0 fully saturated rings. The Kier molecular flexibility index (Phi) is 7.63. The number of ether oxygens (including phenoxy) is 3. The molecule has 0 aliphatic heterocycles. The van der Waals surface area contributed by atoms with Crippen molar-refractivity contribution in [2.45, 2.75) is 24.8 Å². The molecular weight excluding hydrogens is 340 g/mol. The first-order valence-corrected chi connectivity index (χ1v) is 8.74. The predicted molar refractivity (Wildman–Crippen MR) is 108 cm³/mol. The lowest BCUT2D eigenvalue weighted by Gasteiger charge is -2.29. The second kappa shape index (κ2) is 9.72. The van der Waals surface area contributed by atoms with E-state index in [0.29, 0.717) is 23.7 Å². The Balaban J connectivity index is 1.84. The third kappa shape index (κ3) is 6.85. The number of nitrogens with one attached hydrogen (secondary N) is 1. The number of benzene rings is 2. The Morgan fingerprint density at radius 2 is 1.81 bits per heavy atom. The van der Waals surface area contributed by atoms with Gasteiger partial charge in [0.1, 0.15) is 18.5 Å². The van der Waals surface area contributed by atoms with Crippen LogP contribution in [0.25, 0.3) is 0 Å². The van der Waals surface area contributed by atoms with Crippen LogP contribution < -0.4 is 19.5 Å². The molecule has 1 unspecified atom stereocenters. The highest BCUT2D eigenvalue weighted by Gasteiger charge is 2.19. The number of hydrogen-bond acceptors (Lipinski definition) is 5. The Hall–Kier alpha value is -2.11. The minimum Gasteiger partial charge on any atom is -0.493 e. The fraction of sp³-hybridized carbons (Fsp3) is 0.400. The van der Waals surface area contributed by atoms with E-state index in [0.717, 1.165) is 11.1 Å². The largest absolute Gasteiger partial charge is 0.493 e. The van der Waals surface area contributed by atoms with Gasteiger partial charge in [-0.2, -0.15) is 0 Å². The highest BCUT2D eigenvalue weighted by molar-refractivity contribution is 6.40. The van der Waals surface area contributed by atoms with Crippen LogP contribution in [0.5, 0.6) is 17.2 Å². The lowest BCUT2D eigenvalue weighted by atomic mass is 9.59. The van der Waals surface area contributed by atoms with Gasteiger partial charge in [0.15, 0.2) is 11.5 Å². The minimum atomic E-state index is -1.19. The van der Waals surface area contributed by atoms with Gasteiger partial charge in [-0.25, -0.2) is 0 Å². The SMILES string of the molecule is [B]C([B])(Cc1ccc(OC)c(OC)c1)NCC(O)COc1cccc(C)c1. The number of aliphatic hydroxyl groups is 1. The topological polar surface area (TPSA) is 60.0 Å². The van der Waals surface area contributed by atoms with Gasteiger partial charge in [-0.15, -0.1) is 0 Å². The summed E-state index contributed by atoms with van der Waals surface area (Å²) in [6, 6.07) is 13.1. The summed E-state index contributed by atoms with van der Waals surface area (Å²) in [6.07, 6.45) is -0.402. The van der Waals surface area contributed by atoms with Crippen molar-refractivity contribution in [1.82, 2.24) is 5.32 Å². The first-order valence-electron chi connectivity index (χ1n) is 8.74. The van der Waals surface area contributed by atoms with Crippen molar-refractivity contribution in [3.05, 3.63) is 53.6 Å². The molecule has 0 aliphatic rings. The van der Waals surface area contributed by atoms with Gasteiger partial charge in [-0.1, -0.05) is 23.5 Å². The van der Waals surface area contributed by atoms with Gasteiger partial charge in [-0.3, -0.25) is 0 Å². The van der Waals surface area contributed by atoms with E-state index in [-0.39, 0.29) is 13.2 Å². The van der Waals surface area contributed by atoms with Crippen LogP contribution in [0.15, 0.2) is 42.5 Å². The molecule has 0 bridgehead atoms. The molecule has 2 aromatic rings. The van der Waals surface area contributed by atoms with E-state index in [2.05, 4.69) is 5.32 Å². The molecule has 2 rings (SSSR count). The third-order valence-corrected chi connectivity index (χ3v) is 4.04. The van der Waals surface area contributed by atoms with Crippen molar-refractivity contribution in [2.24, 2.45) is 0 Å². The van der Waals surface area contributed by atoms with Gasteiger partial charge in [0.25, 0.3) is 0 Å². The Morgan fingerprint density at radius 3 is 2.48 bits per heavy atom. The second-order valence-electron chi connectivity index (χ2n) is 6.57. The van der Waals surface area contributed by atoms with E-state index in [1.807, 2.05) is 43.3 Å². The molecule has 0 heterocycles. The zero-order valence-electron chi connectivity index (χ0n) is 16.1.